The minimum absolute atomic E-state index is 0.0296. The molecule has 3 atom stereocenters. The third kappa shape index (κ3) is 16.7. The van der Waals surface area contributed by atoms with Gasteiger partial charge in [-0.1, -0.05) is 32.9 Å². The predicted octanol–water partition coefficient (Wildman–Crippen LogP) is 0.0935. The number of oxime groups is 1. The van der Waals surface area contributed by atoms with Gasteiger partial charge in [-0.2, -0.15) is 0 Å². The van der Waals surface area contributed by atoms with Crippen molar-refractivity contribution < 1.29 is 47.8 Å². The number of morpholine rings is 1. The van der Waals surface area contributed by atoms with E-state index in [9.17, 15) is 28.8 Å². The molecule has 3 unspecified atom stereocenters. The van der Waals surface area contributed by atoms with Gasteiger partial charge in [-0.15, -0.1) is 0 Å². The molecule has 256 valence electrons. The summed E-state index contributed by atoms with van der Waals surface area (Å²) in [6, 6.07) is -1.82. The normalized spacial score (nSPS) is 16.4. The quantitative estimate of drug-likeness (QED) is 0.0647. The summed E-state index contributed by atoms with van der Waals surface area (Å²) in [5, 5.41) is 13.9. The number of amides is 5. The summed E-state index contributed by atoms with van der Waals surface area (Å²) in [5.41, 5.74) is 0.276. The molecule has 1 fully saturated rings. The molecule has 0 saturated carbocycles. The fourth-order valence-electron chi connectivity index (χ4n) is 4.27. The molecule has 0 aromatic heterocycles. The molecule has 16 nitrogen and oxygen atoms in total. The zero-order valence-corrected chi connectivity index (χ0v) is 27.4. The molecule has 0 aromatic carbocycles. The van der Waals surface area contributed by atoms with Crippen LogP contribution in [-0.2, 0) is 43.0 Å². The highest BCUT2D eigenvalue weighted by Crippen LogP contribution is 2.09. The van der Waals surface area contributed by atoms with Crippen molar-refractivity contribution in [1.82, 2.24) is 26.2 Å². The number of Topliss-reactive ketones (excluding diaryl/α,β-unsaturated/α-hetero) is 1. The molecule has 4 N–H and O–H groups in total. The van der Waals surface area contributed by atoms with Crippen molar-refractivity contribution in [3.63, 3.8) is 0 Å². The molecule has 5 amide bonds. The van der Waals surface area contributed by atoms with Crippen molar-refractivity contribution in [2.75, 3.05) is 53.4 Å². The second-order valence-corrected chi connectivity index (χ2v) is 11.7. The maximum absolute atomic E-state index is 12.8. The van der Waals surface area contributed by atoms with Crippen LogP contribution in [0, 0.1) is 11.8 Å². The van der Waals surface area contributed by atoms with E-state index in [1.54, 1.807) is 0 Å². The number of nitrogens with zero attached hydrogens (tertiary/aromatic N) is 2. The van der Waals surface area contributed by atoms with E-state index in [0.29, 0.717) is 26.2 Å². The Balaban J connectivity index is 2.49. The van der Waals surface area contributed by atoms with Gasteiger partial charge >= 0.3 is 6.09 Å². The highest BCUT2D eigenvalue weighted by atomic mass is 16.8. The van der Waals surface area contributed by atoms with Gasteiger partial charge in [0.25, 0.3) is 6.79 Å². The zero-order chi connectivity index (χ0) is 33.9. The highest BCUT2D eigenvalue weighted by Gasteiger charge is 2.26. The highest BCUT2D eigenvalue weighted by molar-refractivity contribution is 6.00. The van der Waals surface area contributed by atoms with Crippen LogP contribution in [0.5, 0.6) is 0 Å². The Kier molecular flexibility index (Phi) is 18.3. The van der Waals surface area contributed by atoms with Gasteiger partial charge in [0, 0.05) is 13.7 Å². The first-order chi connectivity index (χ1) is 21.2. The molecule has 16 heteroatoms. The molecular formula is C29H50N6O10. The van der Waals surface area contributed by atoms with Gasteiger partial charge in [-0.05, 0) is 38.5 Å². The Morgan fingerprint density at radius 3 is 2.11 bits per heavy atom. The van der Waals surface area contributed by atoms with E-state index in [1.165, 1.54) is 18.9 Å². The smallest absolute Gasteiger partial charge is 0.409 e. The van der Waals surface area contributed by atoms with E-state index in [2.05, 4.69) is 26.4 Å². The largest absolute Gasteiger partial charge is 0.413 e. The molecule has 0 spiro atoms. The summed E-state index contributed by atoms with van der Waals surface area (Å²) in [6.07, 6.45) is -0.0347. The van der Waals surface area contributed by atoms with Crippen molar-refractivity contribution in [3.8, 4) is 0 Å². The van der Waals surface area contributed by atoms with E-state index in [-0.39, 0.29) is 55.4 Å². The third-order valence-electron chi connectivity index (χ3n) is 6.42. The first-order valence-electron chi connectivity index (χ1n) is 15.0. The maximum Gasteiger partial charge on any atom is 0.413 e. The number of methoxy groups -OCH3 is 1. The van der Waals surface area contributed by atoms with Crippen molar-refractivity contribution >= 4 is 41.2 Å². The summed E-state index contributed by atoms with van der Waals surface area (Å²) in [6.45, 7) is 10.8. The molecule has 45 heavy (non-hydrogen) atoms. The van der Waals surface area contributed by atoms with E-state index in [1.807, 2.05) is 34.6 Å². The van der Waals surface area contributed by atoms with Crippen LogP contribution in [0.4, 0.5) is 4.79 Å². The van der Waals surface area contributed by atoms with Gasteiger partial charge < -0.3 is 45.2 Å². The second-order valence-electron chi connectivity index (χ2n) is 11.7. The summed E-state index contributed by atoms with van der Waals surface area (Å²) < 4.78 is 15.2. The zero-order valence-electron chi connectivity index (χ0n) is 27.4. The molecule has 1 saturated heterocycles. The fourth-order valence-corrected chi connectivity index (χ4v) is 4.27. The summed E-state index contributed by atoms with van der Waals surface area (Å²) in [5.74, 6) is -2.35. The van der Waals surface area contributed by atoms with Crippen LogP contribution in [0.25, 0.3) is 0 Å². The van der Waals surface area contributed by atoms with Crippen LogP contribution in [0.3, 0.4) is 0 Å². The molecule has 0 radical (unpaired) electrons. The van der Waals surface area contributed by atoms with Crippen LogP contribution in [0.15, 0.2) is 5.16 Å². The van der Waals surface area contributed by atoms with Crippen molar-refractivity contribution in [2.24, 2.45) is 17.0 Å². The number of nitrogens with one attached hydrogen (secondary N) is 4. The van der Waals surface area contributed by atoms with E-state index in [4.69, 9.17) is 19.0 Å². The number of ketones is 1. The first kappa shape index (κ1) is 39.2. The number of hydrogen-bond acceptors (Lipinski definition) is 11. The van der Waals surface area contributed by atoms with Crippen LogP contribution in [0.2, 0.25) is 0 Å². The Hall–Kier alpha value is -3.79. The molecule has 1 aliphatic rings. The number of carbonyl (C=O) groups excluding carboxylic acids is 6. The van der Waals surface area contributed by atoms with Gasteiger partial charge in [0.15, 0.2) is 5.78 Å². The van der Waals surface area contributed by atoms with Crippen molar-refractivity contribution in [3.05, 3.63) is 0 Å². The Morgan fingerprint density at radius 1 is 0.911 bits per heavy atom. The first-order valence-corrected chi connectivity index (χ1v) is 15.0. The van der Waals surface area contributed by atoms with Crippen LogP contribution in [0.1, 0.15) is 60.8 Å². The van der Waals surface area contributed by atoms with Crippen molar-refractivity contribution in [2.45, 2.75) is 78.9 Å². The number of ether oxygens (including phenoxy) is 3. The average molecular weight is 643 g/mol. The average Bonchev–Trinajstić information content (AvgIpc) is 2.96. The lowest BCUT2D eigenvalue weighted by Gasteiger charge is -2.32. The van der Waals surface area contributed by atoms with Gasteiger partial charge in [-0.3, -0.25) is 24.0 Å². The maximum atomic E-state index is 12.8. The Labute approximate surface area is 264 Å². The van der Waals surface area contributed by atoms with Crippen LogP contribution in [-0.4, -0.2) is 118 Å². The third-order valence-corrected chi connectivity index (χ3v) is 6.42. The predicted molar refractivity (Wildman–Crippen MR) is 163 cm³/mol. The van der Waals surface area contributed by atoms with E-state index < -0.39 is 55.1 Å². The summed E-state index contributed by atoms with van der Waals surface area (Å²) in [4.78, 5) is 81.0. The lowest BCUT2D eigenvalue weighted by molar-refractivity contribution is -0.132. The molecular weight excluding hydrogens is 592 g/mol. The molecule has 0 aliphatic carbocycles. The number of carbonyl (C=O) groups is 6. The monoisotopic (exact) mass is 642 g/mol. The van der Waals surface area contributed by atoms with Gasteiger partial charge in [-0.25, -0.2) is 4.79 Å². The molecule has 0 bridgehead atoms. The molecule has 0 aromatic rings. The fraction of sp³-hybridized carbons (Fsp3) is 0.759. The molecule has 1 heterocycles. The lowest BCUT2D eigenvalue weighted by atomic mass is 10.0. The topological polar surface area (TPSA) is 203 Å². The summed E-state index contributed by atoms with van der Waals surface area (Å²) >= 11 is 0. The van der Waals surface area contributed by atoms with Gasteiger partial charge in [0.1, 0.15) is 12.6 Å². The standard InChI is InChI=1S/C29H50N6O10/c1-18(2)10-22(24(36)16-42-7)32-27(39)14-31-28(40)23(11-19(3)4)33-26(38)13-30-25(37)12-20(5)34-45-17-44-29(41)35-8-9-43-15-21(35)6/h18-19,21-23H,8-17H2,1-7H3,(H,30,37)(H,31,40)(H,32,39)(H,33,38). The van der Waals surface area contributed by atoms with Crippen LogP contribution < -0.4 is 21.3 Å². The van der Waals surface area contributed by atoms with Gasteiger partial charge in [0.05, 0.1) is 50.5 Å². The van der Waals surface area contributed by atoms with Crippen molar-refractivity contribution in [1.29, 1.82) is 0 Å². The summed E-state index contributed by atoms with van der Waals surface area (Å²) in [7, 11) is 1.39. The Morgan fingerprint density at radius 2 is 1.51 bits per heavy atom. The van der Waals surface area contributed by atoms with Gasteiger partial charge in [0.2, 0.25) is 23.6 Å². The minimum atomic E-state index is -0.955. The second kappa shape index (κ2) is 21.0. The molecule has 1 aliphatic heterocycles. The number of hydrogen-bond donors (Lipinski definition) is 4. The number of rotatable bonds is 19. The SMILES string of the molecule is COCC(=O)C(CC(C)C)NC(=O)CNC(=O)C(CC(C)C)NC(=O)CNC(=O)CC(C)=NOCOC(=O)N1CCOCC1C. The Bertz CT molecular complexity index is 1040. The van der Waals surface area contributed by atoms with Crippen LogP contribution >= 0.6 is 0 Å². The minimum Gasteiger partial charge on any atom is -0.409 e. The molecule has 1 rings (SSSR count). The van der Waals surface area contributed by atoms with E-state index >= 15 is 0 Å². The van der Waals surface area contributed by atoms with E-state index in [0.717, 1.165) is 0 Å². The lowest BCUT2D eigenvalue weighted by Crippen LogP contribution is -2.52.